The van der Waals surface area contributed by atoms with Crippen molar-refractivity contribution in [2.75, 3.05) is 7.05 Å². The highest BCUT2D eigenvalue weighted by Gasteiger charge is 1.99. The Labute approximate surface area is 67.9 Å². The fourth-order valence-corrected chi connectivity index (χ4v) is 0.567. The number of carbonyl (C=O) groups excluding carboxylic acids is 1. The molecule has 1 amide bonds. The van der Waals surface area contributed by atoms with Gasteiger partial charge < -0.3 is 0 Å². The second-order valence-electron chi connectivity index (χ2n) is 2.48. The summed E-state index contributed by atoms with van der Waals surface area (Å²) in [6, 6.07) is 2.64. The van der Waals surface area contributed by atoms with E-state index in [-0.39, 0.29) is 5.91 Å². The van der Waals surface area contributed by atoms with Gasteiger partial charge in [-0.15, -0.1) is 0 Å². The van der Waals surface area contributed by atoms with Crippen molar-refractivity contribution in [3.05, 3.63) is 11.6 Å². The van der Waals surface area contributed by atoms with Gasteiger partial charge in [0.2, 0.25) is 0 Å². The molecule has 0 aromatic heterocycles. The lowest BCUT2D eigenvalue weighted by Crippen LogP contribution is -2.18. The number of carbonyl (C=O) groups is 1. The zero-order valence-electron chi connectivity index (χ0n) is 7.43. The lowest BCUT2D eigenvalue weighted by atomic mass is 10.3. The first-order valence-electron chi connectivity index (χ1n) is 3.43. The van der Waals surface area contributed by atoms with E-state index in [1.807, 2.05) is 13.8 Å². The normalized spacial score (nSPS) is 7.64. The van der Waals surface area contributed by atoms with E-state index in [1.54, 1.807) is 20.0 Å². The SMILES string of the molecule is CC#CN(C)C(=O)C=C(C)C. The second-order valence-corrected chi connectivity index (χ2v) is 2.48. The maximum Gasteiger partial charge on any atom is 0.257 e. The van der Waals surface area contributed by atoms with Gasteiger partial charge in [-0.3, -0.25) is 9.69 Å². The largest absolute Gasteiger partial charge is 0.271 e. The van der Waals surface area contributed by atoms with E-state index in [4.69, 9.17) is 0 Å². The lowest BCUT2D eigenvalue weighted by molar-refractivity contribution is -0.122. The predicted molar refractivity (Wildman–Crippen MR) is 45.7 cm³/mol. The molecule has 0 rings (SSSR count). The van der Waals surface area contributed by atoms with E-state index >= 15 is 0 Å². The van der Waals surface area contributed by atoms with E-state index in [0.29, 0.717) is 0 Å². The number of rotatable bonds is 1. The van der Waals surface area contributed by atoms with Crippen LogP contribution >= 0.6 is 0 Å². The monoisotopic (exact) mass is 151 g/mol. The average molecular weight is 151 g/mol. The van der Waals surface area contributed by atoms with Gasteiger partial charge in [0.05, 0.1) is 0 Å². The molecule has 0 aromatic rings. The van der Waals surface area contributed by atoms with Crippen LogP contribution in [-0.2, 0) is 4.79 Å². The third kappa shape index (κ3) is 4.21. The molecule has 0 aromatic carbocycles. The quantitative estimate of drug-likeness (QED) is 0.315. The van der Waals surface area contributed by atoms with Crippen molar-refractivity contribution in [1.29, 1.82) is 0 Å². The summed E-state index contributed by atoms with van der Waals surface area (Å²) in [6.45, 7) is 5.46. The highest BCUT2D eigenvalue weighted by Crippen LogP contribution is 1.91. The number of amides is 1. The van der Waals surface area contributed by atoms with Gasteiger partial charge in [0.25, 0.3) is 5.91 Å². The van der Waals surface area contributed by atoms with Crippen molar-refractivity contribution in [2.24, 2.45) is 0 Å². The molecule has 0 radical (unpaired) electrons. The molecular formula is C9H13NO. The number of allylic oxidation sites excluding steroid dienone is 1. The first-order chi connectivity index (χ1) is 5.07. The van der Waals surface area contributed by atoms with Gasteiger partial charge in [-0.05, 0) is 20.8 Å². The van der Waals surface area contributed by atoms with Gasteiger partial charge >= 0.3 is 0 Å². The van der Waals surface area contributed by atoms with Crippen molar-refractivity contribution in [1.82, 2.24) is 4.90 Å². The van der Waals surface area contributed by atoms with Crippen molar-refractivity contribution >= 4 is 5.91 Å². The Kier molecular flexibility index (Phi) is 4.05. The van der Waals surface area contributed by atoms with Gasteiger partial charge in [0.1, 0.15) is 0 Å². The van der Waals surface area contributed by atoms with Crippen LogP contribution in [-0.4, -0.2) is 17.9 Å². The summed E-state index contributed by atoms with van der Waals surface area (Å²) in [5.41, 5.74) is 0.986. The Balaban J connectivity index is 4.23. The summed E-state index contributed by atoms with van der Waals surface area (Å²) in [6.07, 6.45) is 1.56. The number of likely N-dealkylation sites (N-methyl/N-ethyl adjacent to an activating group) is 1. The zero-order valence-corrected chi connectivity index (χ0v) is 7.43. The summed E-state index contributed by atoms with van der Waals surface area (Å²) >= 11 is 0. The predicted octanol–water partition coefficient (Wildman–Crippen LogP) is 1.39. The maximum atomic E-state index is 11.1. The molecule has 0 heterocycles. The minimum atomic E-state index is -0.0700. The molecule has 11 heavy (non-hydrogen) atoms. The summed E-state index contributed by atoms with van der Waals surface area (Å²) in [4.78, 5) is 12.5. The molecule has 0 saturated carbocycles. The van der Waals surface area contributed by atoms with Gasteiger partial charge in [-0.25, -0.2) is 0 Å². The molecule has 0 unspecified atom stereocenters. The van der Waals surface area contributed by atoms with Gasteiger partial charge in [-0.2, -0.15) is 0 Å². The fourth-order valence-electron chi connectivity index (χ4n) is 0.567. The zero-order chi connectivity index (χ0) is 8.85. The number of nitrogens with zero attached hydrogens (tertiary/aromatic N) is 1. The first-order valence-corrected chi connectivity index (χ1v) is 3.43. The van der Waals surface area contributed by atoms with Crippen molar-refractivity contribution in [3.63, 3.8) is 0 Å². The Morgan fingerprint density at radius 1 is 1.45 bits per heavy atom. The summed E-state index contributed by atoms with van der Waals surface area (Å²) in [5.74, 6) is 2.58. The topological polar surface area (TPSA) is 20.3 Å². The van der Waals surface area contributed by atoms with Gasteiger partial charge in [0, 0.05) is 19.2 Å². The van der Waals surface area contributed by atoms with Crippen molar-refractivity contribution < 1.29 is 4.79 Å². The van der Waals surface area contributed by atoms with Gasteiger partial charge in [-0.1, -0.05) is 11.5 Å². The first kappa shape index (κ1) is 9.77. The van der Waals surface area contributed by atoms with Crippen LogP contribution in [0, 0.1) is 12.0 Å². The minimum absolute atomic E-state index is 0.0700. The van der Waals surface area contributed by atoms with Crippen LogP contribution in [0.4, 0.5) is 0 Å². The Hall–Kier alpha value is -1.23. The Morgan fingerprint density at radius 2 is 2.00 bits per heavy atom. The summed E-state index contributed by atoms with van der Waals surface area (Å²) in [5, 5.41) is 0. The molecule has 0 saturated heterocycles. The fraction of sp³-hybridized carbons (Fsp3) is 0.444. The Morgan fingerprint density at radius 3 is 2.36 bits per heavy atom. The molecule has 0 aliphatic carbocycles. The van der Waals surface area contributed by atoms with Crippen LogP contribution in [0.25, 0.3) is 0 Å². The highest BCUT2D eigenvalue weighted by atomic mass is 16.2. The van der Waals surface area contributed by atoms with E-state index in [0.717, 1.165) is 5.57 Å². The third-order valence-corrected chi connectivity index (χ3v) is 1.02. The molecule has 0 atom stereocenters. The van der Waals surface area contributed by atoms with Gasteiger partial charge in [0.15, 0.2) is 0 Å². The lowest BCUT2D eigenvalue weighted by Gasteiger charge is -2.04. The van der Waals surface area contributed by atoms with E-state index < -0.39 is 0 Å². The second kappa shape index (κ2) is 4.56. The standard InChI is InChI=1S/C9H13NO/c1-5-6-10(4)9(11)7-8(2)3/h7H,1-4H3. The minimum Gasteiger partial charge on any atom is -0.271 e. The molecule has 0 aliphatic heterocycles. The van der Waals surface area contributed by atoms with E-state index in [1.165, 1.54) is 4.90 Å². The molecule has 2 nitrogen and oxygen atoms in total. The third-order valence-electron chi connectivity index (χ3n) is 1.02. The van der Waals surface area contributed by atoms with E-state index in [9.17, 15) is 4.79 Å². The molecule has 60 valence electrons. The van der Waals surface area contributed by atoms with Crippen LogP contribution in [0.3, 0.4) is 0 Å². The average Bonchev–Trinajstić information content (AvgIpc) is 1.86. The molecule has 0 spiro atoms. The van der Waals surface area contributed by atoms with Crippen molar-refractivity contribution in [3.8, 4) is 12.0 Å². The molecule has 2 heteroatoms. The van der Waals surface area contributed by atoms with Crippen LogP contribution in [0.1, 0.15) is 20.8 Å². The van der Waals surface area contributed by atoms with Crippen LogP contribution in [0.2, 0.25) is 0 Å². The number of hydrogen-bond acceptors (Lipinski definition) is 1. The van der Waals surface area contributed by atoms with Crippen LogP contribution in [0.5, 0.6) is 0 Å². The van der Waals surface area contributed by atoms with Crippen LogP contribution in [0.15, 0.2) is 11.6 Å². The molecular weight excluding hydrogens is 138 g/mol. The molecule has 0 N–H and O–H groups in total. The smallest absolute Gasteiger partial charge is 0.257 e. The molecule has 0 fully saturated rings. The number of hydrogen-bond donors (Lipinski definition) is 0. The summed E-state index contributed by atoms with van der Waals surface area (Å²) in [7, 11) is 1.65. The van der Waals surface area contributed by atoms with Crippen LogP contribution < -0.4 is 0 Å². The Bertz CT molecular complexity index is 226. The highest BCUT2D eigenvalue weighted by molar-refractivity contribution is 5.89. The molecule has 0 aliphatic rings. The molecule has 0 bridgehead atoms. The maximum absolute atomic E-state index is 11.1. The van der Waals surface area contributed by atoms with Crippen molar-refractivity contribution in [2.45, 2.75) is 20.8 Å². The summed E-state index contributed by atoms with van der Waals surface area (Å²) < 4.78 is 0. The van der Waals surface area contributed by atoms with E-state index in [2.05, 4.69) is 12.0 Å².